The fourth-order valence-corrected chi connectivity index (χ4v) is 12.0. The molecule has 2 aromatic heterocycles. The van der Waals surface area contributed by atoms with Gasteiger partial charge < -0.3 is 4.90 Å². The maximum absolute atomic E-state index is 2.51. The van der Waals surface area contributed by atoms with E-state index >= 15 is 0 Å². The topological polar surface area (TPSA) is 3.24 Å². The maximum atomic E-state index is 2.51. The van der Waals surface area contributed by atoms with Crippen LogP contribution in [-0.4, -0.2) is 0 Å². The Labute approximate surface area is 333 Å². The van der Waals surface area contributed by atoms with E-state index in [0.717, 1.165) is 11.4 Å². The van der Waals surface area contributed by atoms with Gasteiger partial charge in [-0.3, -0.25) is 0 Å². The summed E-state index contributed by atoms with van der Waals surface area (Å²) in [7, 11) is 0. The highest BCUT2D eigenvalue weighted by molar-refractivity contribution is 7.27. The summed E-state index contributed by atoms with van der Waals surface area (Å²) in [6.07, 6.45) is 0. The van der Waals surface area contributed by atoms with Crippen LogP contribution in [0.4, 0.5) is 17.1 Å². The molecule has 1 aliphatic carbocycles. The number of fused-ring (bicyclic) bond motifs is 11. The molecule has 0 bridgehead atoms. The summed E-state index contributed by atoms with van der Waals surface area (Å²) in [5.41, 5.74) is 10.8. The van der Waals surface area contributed by atoms with E-state index in [2.05, 4.69) is 205 Å². The molecule has 1 aliphatic rings. The summed E-state index contributed by atoms with van der Waals surface area (Å²) in [5, 5.41) is 7.81. The Morgan fingerprint density at radius 2 is 0.964 bits per heavy atom. The summed E-state index contributed by atoms with van der Waals surface area (Å²) in [6, 6.07) is 74.5. The molecule has 11 aromatic rings. The van der Waals surface area contributed by atoms with Crippen molar-refractivity contribution in [1.29, 1.82) is 0 Å². The van der Waals surface area contributed by atoms with Crippen LogP contribution in [0.5, 0.6) is 0 Å². The third-order valence-corrected chi connectivity index (χ3v) is 14.3. The number of benzene rings is 9. The molecule has 0 atom stereocenters. The third-order valence-electron chi connectivity index (χ3n) is 11.9. The molecule has 0 spiro atoms. The average Bonchev–Trinajstić information content (AvgIpc) is 3.93. The average molecular weight is 748 g/mol. The molecule has 0 saturated heterocycles. The van der Waals surface area contributed by atoms with E-state index in [1.165, 1.54) is 90.2 Å². The van der Waals surface area contributed by atoms with Crippen LogP contribution in [0.2, 0.25) is 0 Å². The van der Waals surface area contributed by atoms with Crippen molar-refractivity contribution in [3.05, 3.63) is 222 Å². The summed E-state index contributed by atoms with van der Waals surface area (Å²) in [6.45, 7) is 0. The monoisotopic (exact) mass is 747 g/mol. The zero-order valence-electron chi connectivity index (χ0n) is 30.3. The van der Waals surface area contributed by atoms with E-state index in [-0.39, 0.29) is 0 Å². The van der Waals surface area contributed by atoms with Crippen LogP contribution < -0.4 is 4.90 Å². The second-order valence-electron chi connectivity index (χ2n) is 14.8. The van der Waals surface area contributed by atoms with Crippen molar-refractivity contribution in [2.24, 2.45) is 0 Å². The Bertz CT molecular complexity index is 3280. The first kappa shape index (κ1) is 31.8. The van der Waals surface area contributed by atoms with E-state index in [4.69, 9.17) is 0 Å². The Balaban J connectivity index is 1.15. The lowest BCUT2D eigenvalue weighted by Gasteiger charge is -2.34. The standard InChI is InChI=1S/C53H33NS2/c1-3-15-35(16-4-1)53(36-17-5-2-6-18-36)46-23-11-9-20-40(46)45-32-37(28-31-47(45)53)54(38-27-30-42-41-21-10-12-25-49(41)55-50(42)33-38)48-24-13-22-43-44-29-26-34-14-7-8-19-39(34)51(44)56-52(43)48/h1-33H. The van der Waals surface area contributed by atoms with Crippen LogP contribution in [-0.2, 0) is 5.41 Å². The highest BCUT2D eigenvalue weighted by Gasteiger charge is 2.46. The van der Waals surface area contributed by atoms with Crippen molar-refractivity contribution in [2.45, 2.75) is 5.41 Å². The lowest BCUT2D eigenvalue weighted by molar-refractivity contribution is 0.768. The number of anilines is 3. The molecule has 3 heteroatoms. The van der Waals surface area contributed by atoms with Gasteiger partial charge in [0.05, 0.1) is 15.8 Å². The minimum absolute atomic E-state index is 0.444. The molecule has 1 nitrogen and oxygen atoms in total. The van der Waals surface area contributed by atoms with Gasteiger partial charge in [0.1, 0.15) is 0 Å². The quantitative estimate of drug-likeness (QED) is 0.169. The van der Waals surface area contributed by atoms with Crippen molar-refractivity contribution >= 4 is 90.9 Å². The normalized spacial score (nSPS) is 13.1. The van der Waals surface area contributed by atoms with Gasteiger partial charge in [0, 0.05) is 47.0 Å². The molecule has 0 fully saturated rings. The van der Waals surface area contributed by atoms with Crippen LogP contribution in [0.25, 0.3) is 62.2 Å². The van der Waals surface area contributed by atoms with Crippen LogP contribution >= 0.6 is 22.7 Å². The second kappa shape index (κ2) is 12.2. The Kier molecular flexibility index (Phi) is 6.95. The van der Waals surface area contributed by atoms with Gasteiger partial charge in [-0.2, -0.15) is 0 Å². The van der Waals surface area contributed by atoms with Crippen LogP contribution in [0.1, 0.15) is 22.3 Å². The highest BCUT2D eigenvalue weighted by Crippen LogP contribution is 2.57. The molecule has 12 rings (SSSR count). The minimum atomic E-state index is -0.444. The zero-order valence-corrected chi connectivity index (χ0v) is 31.9. The second-order valence-corrected chi connectivity index (χ2v) is 16.9. The van der Waals surface area contributed by atoms with Crippen LogP contribution in [0.3, 0.4) is 0 Å². The molecule has 2 heterocycles. The van der Waals surface area contributed by atoms with Gasteiger partial charge >= 0.3 is 0 Å². The molecular weight excluding hydrogens is 715 g/mol. The van der Waals surface area contributed by atoms with Crippen molar-refractivity contribution in [2.75, 3.05) is 4.90 Å². The lowest BCUT2D eigenvalue weighted by Crippen LogP contribution is -2.28. The fourth-order valence-electron chi connectivity index (χ4n) is 9.54. The van der Waals surface area contributed by atoms with Gasteiger partial charge in [-0.15, -0.1) is 22.7 Å². The zero-order chi connectivity index (χ0) is 36.8. The summed E-state index contributed by atoms with van der Waals surface area (Å²) < 4.78 is 5.24. The minimum Gasteiger partial charge on any atom is -0.309 e. The van der Waals surface area contributed by atoms with Crippen molar-refractivity contribution in [3.63, 3.8) is 0 Å². The Morgan fingerprint density at radius 1 is 0.357 bits per heavy atom. The SMILES string of the molecule is c1ccc(C2(c3ccccc3)c3ccccc3-c3cc(N(c4ccc5c(c4)sc4ccccc45)c4cccc5c4sc4c6ccccc6ccc54)ccc32)cc1. The largest absolute Gasteiger partial charge is 0.309 e. The Morgan fingerprint density at radius 3 is 1.80 bits per heavy atom. The van der Waals surface area contributed by atoms with Gasteiger partial charge in [-0.25, -0.2) is 0 Å². The summed E-state index contributed by atoms with van der Waals surface area (Å²) in [4.78, 5) is 2.51. The van der Waals surface area contributed by atoms with E-state index in [9.17, 15) is 0 Å². The van der Waals surface area contributed by atoms with Crippen molar-refractivity contribution < 1.29 is 0 Å². The van der Waals surface area contributed by atoms with E-state index in [1.54, 1.807) is 0 Å². The van der Waals surface area contributed by atoms with Gasteiger partial charge in [-0.05, 0) is 80.6 Å². The molecule has 0 amide bonds. The predicted octanol–water partition coefficient (Wildman–Crippen LogP) is 15.4. The smallest absolute Gasteiger partial charge is 0.0713 e. The molecule has 0 aliphatic heterocycles. The van der Waals surface area contributed by atoms with Gasteiger partial charge in [-0.1, -0.05) is 164 Å². The first-order valence-electron chi connectivity index (χ1n) is 19.2. The van der Waals surface area contributed by atoms with E-state index in [0.29, 0.717) is 0 Å². The summed E-state index contributed by atoms with van der Waals surface area (Å²) >= 11 is 3.79. The number of thiophene rings is 2. The van der Waals surface area contributed by atoms with Gasteiger partial charge in [0.15, 0.2) is 0 Å². The number of rotatable bonds is 5. The summed E-state index contributed by atoms with van der Waals surface area (Å²) in [5.74, 6) is 0. The van der Waals surface area contributed by atoms with Gasteiger partial charge in [0.25, 0.3) is 0 Å². The molecule has 9 aromatic carbocycles. The molecule has 262 valence electrons. The Hall–Kier alpha value is -6.52. The highest BCUT2D eigenvalue weighted by atomic mass is 32.1. The molecule has 0 saturated carbocycles. The molecule has 0 radical (unpaired) electrons. The van der Waals surface area contributed by atoms with E-state index < -0.39 is 5.41 Å². The first-order chi connectivity index (χ1) is 27.8. The lowest BCUT2D eigenvalue weighted by atomic mass is 9.68. The molecule has 56 heavy (non-hydrogen) atoms. The van der Waals surface area contributed by atoms with Crippen LogP contribution in [0.15, 0.2) is 200 Å². The van der Waals surface area contributed by atoms with Crippen molar-refractivity contribution in [1.82, 2.24) is 0 Å². The molecular formula is C53H33NS2. The molecule has 0 unspecified atom stereocenters. The number of nitrogens with zero attached hydrogens (tertiary/aromatic N) is 1. The van der Waals surface area contributed by atoms with Gasteiger partial charge in [0.2, 0.25) is 0 Å². The number of hydrogen-bond acceptors (Lipinski definition) is 3. The van der Waals surface area contributed by atoms with E-state index in [1.807, 2.05) is 22.7 Å². The third kappa shape index (κ3) is 4.47. The van der Waals surface area contributed by atoms with Crippen molar-refractivity contribution in [3.8, 4) is 11.1 Å². The van der Waals surface area contributed by atoms with Crippen LogP contribution in [0, 0.1) is 0 Å². The number of hydrogen-bond donors (Lipinski definition) is 0. The maximum Gasteiger partial charge on any atom is 0.0713 e. The first-order valence-corrected chi connectivity index (χ1v) is 20.8. The fraction of sp³-hybridized carbons (Fsp3) is 0.0189. The predicted molar refractivity (Wildman–Crippen MR) is 242 cm³/mol. The molecule has 0 N–H and O–H groups in total.